The van der Waals surface area contributed by atoms with Gasteiger partial charge in [-0.1, -0.05) is 17.7 Å². The van der Waals surface area contributed by atoms with Crippen LogP contribution in [0.3, 0.4) is 0 Å². The van der Waals surface area contributed by atoms with Crippen LogP contribution in [0.2, 0.25) is 0 Å². The number of benzene rings is 1. The van der Waals surface area contributed by atoms with Crippen LogP contribution in [0.5, 0.6) is 0 Å². The molecule has 0 N–H and O–H groups in total. The van der Waals surface area contributed by atoms with Gasteiger partial charge in [0.1, 0.15) is 11.7 Å². The van der Waals surface area contributed by atoms with Gasteiger partial charge in [0.2, 0.25) is 12.7 Å². The molecule has 2 atom stereocenters. The minimum absolute atomic E-state index is 0.271. The molecule has 3 rings (SSSR count). The monoisotopic (exact) mass is 280 g/mol. The Labute approximate surface area is 112 Å². The Morgan fingerprint density at radius 3 is 1.89 bits per heavy atom. The number of carbonyl (C=O) groups is 1. The molecule has 2 fully saturated rings. The quantitative estimate of drug-likeness (QED) is 0.628. The van der Waals surface area contributed by atoms with Gasteiger partial charge < -0.3 is 14.0 Å². The summed E-state index contributed by atoms with van der Waals surface area (Å²) in [5.74, 6) is -0.847. The number of hydrogen-bond donors (Lipinski definition) is 0. The molecule has 0 spiro atoms. The Morgan fingerprint density at radius 1 is 1.11 bits per heavy atom. The first-order chi connectivity index (χ1) is 8.94. The van der Waals surface area contributed by atoms with E-state index in [0.717, 1.165) is 16.7 Å². The van der Waals surface area contributed by atoms with Crippen LogP contribution >= 0.6 is 7.14 Å². The fourth-order valence-corrected chi connectivity index (χ4v) is 5.32. The molecule has 2 aliphatic heterocycles. The smallest absolute Gasteiger partial charge is 0.227 e. The third-order valence-corrected chi connectivity index (χ3v) is 6.86. The van der Waals surface area contributed by atoms with Crippen molar-refractivity contribution in [2.75, 3.05) is 13.2 Å². The van der Waals surface area contributed by atoms with E-state index in [1.165, 1.54) is 0 Å². The fraction of sp³-hybridized carbons (Fsp3) is 0.500. The van der Waals surface area contributed by atoms with Crippen LogP contribution in [-0.4, -0.2) is 30.4 Å². The van der Waals surface area contributed by atoms with E-state index in [-0.39, 0.29) is 5.52 Å². The van der Waals surface area contributed by atoms with Crippen molar-refractivity contribution in [3.63, 3.8) is 0 Å². The van der Waals surface area contributed by atoms with Gasteiger partial charge in [0.25, 0.3) is 0 Å². The van der Waals surface area contributed by atoms with Crippen molar-refractivity contribution in [3.8, 4) is 0 Å². The highest BCUT2D eigenvalue weighted by Crippen LogP contribution is 2.66. The molecule has 19 heavy (non-hydrogen) atoms. The van der Waals surface area contributed by atoms with Gasteiger partial charge in [-0.05, 0) is 31.9 Å². The lowest BCUT2D eigenvalue weighted by Crippen LogP contribution is -2.13. The summed E-state index contributed by atoms with van der Waals surface area (Å²) in [5, 5.41) is 0. The highest BCUT2D eigenvalue weighted by Gasteiger charge is 2.59. The van der Waals surface area contributed by atoms with Crippen LogP contribution < -0.4 is 0 Å². The summed E-state index contributed by atoms with van der Waals surface area (Å²) in [4.78, 5) is 12.8. The van der Waals surface area contributed by atoms with Gasteiger partial charge in [-0.2, -0.15) is 0 Å². The van der Waals surface area contributed by atoms with Crippen molar-refractivity contribution in [2.45, 2.75) is 32.5 Å². The third kappa shape index (κ3) is 2.08. The van der Waals surface area contributed by atoms with Crippen LogP contribution in [0.15, 0.2) is 12.1 Å². The van der Waals surface area contributed by atoms with Crippen molar-refractivity contribution in [1.29, 1.82) is 0 Å². The number of ether oxygens (including phenoxy) is 2. The maximum Gasteiger partial charge on any atom is 0.227 e. The van der Waals surface area contributed by atoms with Crippen molar-refractivity contribution in [3.05, 3.63) is 34.4 Å². The molecule has 4 nitrogen and oxygen atoms in total. The van der Waals surface area contributed by atoms with E-state index in [4.69, 9.17) is 9.47 Å². The van der Waals surface area contributed by atoms with Crippen molar-refractivity contribution in [1.82, 2.24) is 0 Å². The van der Waals surface area contributed by atoms with Gasteiger partial charge in [-0.15, -0.1) is 0 Å². The Balaban J connectivity index is 2.06. The van der Waals surface area contributed by atoms with Gasteiger partial charge in [-0.25, -0.2) is 0 Å². The summed E-state index contributed by atoms with van der Waals surface area (Å²) in [6.07, 6.45) is 0. The van der Waals surface area contributed by atoms with Crippen LogP contribution in [0.25, 0.3) is 0 Å². The molecule has 102 valence electrons. The molecule has 0 saturated carbocycles. The summed E-state index contributed by atoms with van der Waals surface area (Å²) < 4.78 is 23.3. The number of hydrogen-bond acceptors (Lipinski definition) is 4. The summed E-state index contributed by atoms with van der Waals surface area (Å²) in [7, 11) is -3.11. The van der Waals surface area contributed by atoms with Crippen LogP contribution in [0, 0.1) is 20.8 Å². The Bertz CT molecular complexity index is 560. The lowest BCUT2D eigenvalue weighted by Gasteiger charge is -2.16. The number of rotatable bonds is 4. The molecule has 0 aromatic heterocycles. The minimum Gasteiger partial charge on any atom is -0.364 e. The summed E-state index contributed by atoms with van der Waals surface area (Å²) in [6.45, 7) is 6.58. The minimum atomic E-state index is -3.11. The maximum atomic E-state index is 13.0. The van der Waals surface area contributed by atoms with Crippen LogP contribution in [-0.2, 0) is 14.0 Å². The first-order valence-corrected chi connectivity index (χ1v) is 8.24. The highest BCUT2D eigenvalue weighted by molar-refractivity contribution is 7.82. The molecule has 0 amide bonds. The van der Waals surface area contributed by atoms with Crippen LogP contribution in [0.4, 0.5) is 0 Å². The summed E-state index contributed by atoms with van der Waals surface area (Å²) in [6, 6.07) is 3.90. The molecular formula is C14H17O4P. The molecular weight excluding hydrogens is 263 g/mol. The Morgan fingerprint density at radius 2 is 1.53 bits per heavy atom. The molecule has 0 aliphatic carbocycles. The van der Waals surface area contributed by atoms with E-state index in [9.17, 15) is 9.36 Å². The average molecular weight is 280 g/mol. The zero-order valence-corrected chi connectivity index (χ0v) is 12.2. The second-order valence-corrected chi connectivity index (χ2v) is 8.34. The fourth-order valence-electron chi connectivity index (χ4n) is 2.67. The number of carbonyl (C=O) groups excluding carboxylic acids is 1. The number of epoxide rings is 2. The second kappa shape index (κ2) is 4.27. The van der Waals surface area contributed by atoms with E-state index in [1.54, 1.807) is 0 Å². The van der Waals surface area contributed by atoms with Crippen LogP contribution in [0.1, 0.15) is 27.0 Å². The average Bonchev–Trinajstić information content (AvgIpc) is 3.14. The van der Waals surface area contributed by atoms with E-state index in [1.807, 2.05) is 32.9 Å². The standard InChI is InChI=1S/C14H17O4P/c1-8-4-9(2)13(10(3)5-8)14(15)19(16,11-6-17-11)12-7-18-12/h4-5,11-12H,6-7H2,1-3H3. The van der Waals surface area contributed by atoms with E-state index >= 15 is 0 Å². The van der Waals surface area contributed by atoms with E-state index in [0.29, 0.717) is 18.8 Å². The SMILES string of the molecule is Cc1cc(C)c(C(=O)P(=O)(C2CO2)C2CO2)c(C)c1. The predicted molar refractivity (Wildman–Crippen MR) is 72.1 cm³/mol. The Hall–Kier alpha value is -0.960. The molecule has 2 saturated heterocycles. The van der Waals surface area contributed by atoms with Crippen molar-refractivity contribution >= 4 is 12.7 Å². The lowest BCUT2D eigenvalue weighted by atomic mass is 10.0. The highest BCUT2D eigenvalue weighted by atomic mass is 31.2. The first kappa shape index (κ1) is 13.0. The molecule has 2 heterocycles. The van der Waals surface area contributed by atoms with Crippen molar-refractivity contribution in [2.24, 2.45) is 0 Å². The zero-order valence-electron chi connectivity index (χ0n) is 11.3. The van der Waals surface area contributed by atoms with Gasteiger partial charge >= 0.3 is 0 Å². The molecule has 1 aromatic rings. The van der Waals surface area contributed by atoms with Gasteiger partial charge in [0, 0.05) is 5.56 Å². The normalized spacial score (nSPS) is 27.7. The molecule has 2 unspecified atom stereocenters. The largest absolute Gasteiger partial charge is 0.364 e. The Kier molecular flexibility index (Phi) is 2.93. The lowest BCUT2D eigenvalue weighted by molar-refractivity contribution is 0.107. The van der Waals surface area contributed by atoms with Gasteiger partial charge in [-0.3, -0.25) is 4.79 Å². The number of aryl methyl sites for hydroxylation is 3. The second-order valence-electron chi connectivity index (χ2n) is 5.36. The summed E-state index contributed by atoms with van der Waals surface area (Å²) in [5.41, 5.74) is 3.17. The molecule has 5 heteroatoms. The molecule has 0 bridgehead atoms. The van der Waals surface area contributed by atoms with E-state index in [2.05, 4.69) is 0 Å². The molecule has 1 aromatic carbocycles. The summed E-state index contributed by atoms with van der Waals surface area (Å²) >= 11 is 0. The topological polar surface area (TPSA) is 59.2 Å². The van der Waals surface area contributed by atoms with Gasteiger partial charge in [0.15, 0.2) is 0 Å². The zero-order chi connectivity index (χ0) is 13.8. The maximum absolute atomic E-state index is 13.0. The molecule has 0 radical (unpaired) electrons. The molecule has 2 aliphatic rings. The van der Waals surface area contributed by atoms with E-state index < -0.39 is 18.8 Å². The third-order valence-electron chi connectivity index (χ3n) is 3.70. The predicted octanol–water partition coefficient (Wildman–Crippen LogP) is 2.83. The first-order valence-electron chi connectivity index (χ1n) is 6.40. The van der Waals surface area contributed by atoms with Gasteiger partial charge in [0.05, 0.1) is 13.2 Å². The van der Waals surface area contributed by atoms with Crippen molar-refractivity contribution < 1.29 is 18.8 Å².